The van der Waals surface area contributed by atoms with Crippen molar-refractivity contribution in [3.63, 3.8) is 0 Å². The minimum atomic E-state index is -0.505. The smallest absolute Gasteiger partial charge is 0.343 e. The summed E-state index contributed by atoms with van der Waals surface area (Å²) in [5, 5.41) is 0.516. The van der Waals surface area contributed by atoms with E-state index in [4.69, 9.17) is 9.47 Å². The van der Waals surface area contributed by atoms with E-state index < -0.39 is 5.97 Å². The van der Waals surface area contributed by atoms with Crippen LogP contribution in [0.25, 0.3) is 22.3 Å². The van der Waals surface area contributed by atoms with Crippen molar-refractivity contribution in [3.8, 4) is 22.9 Å². The van der Waals surface area contributed by atoms with Gasteiger partial charge in [-0.2, -0.15) is 0 Å². The monoisotopic (exact) mass is 450 g/mol. The van der Waals surface area contributed by atoms with E-state index in [1.807, 2.05) is 12.1 Å². The molecule has 0 aliphatic carbocycles. The van der Waals surface area contributed by atoms with E-state index in [2.05, 4.69) is 25.9 Å². The molecule has 1 N–H and O–H groups in total. The molecule has 0 saturated carbocycles. The molecule has 7 heteroatoms. The van der Waals surface area contributed by atoms with Crippen molar-refractivity contribution in [1.29, 1.82) is 0 Å². The van der Waals surface area contributed by atoms with Gasteiger partial charge in [0.15, 0.2) is 11.5 Å². The number of esters is 1. The van der Waals surface area contributed by atoms with Crippen LogP contribution in [0.2, 0.25) is 0 Å². The maximum atomic E-state index is 12.4. The summed E-state index contributed by atoms with van der Waals surface area (Å²) in [5.41, 5.74) is 1.41. The SMILES string of the molecule is COc1cc(-c2nc3ccccc3c(=O)[nH]2)ccc1OC(=O)c1cccc(Br)c1. The number of aromatic nitrogens is 2. The number of aromatic amines is 1. The topological polar surface area (TPSA) is 81.3 Å². The van der Waals surface area contributed by atoms with Crippen LogP contribution in [0.3, 0.4) is 0 Å². The third kappa shape index (κ3) is 3.90. The van der Waals surface area contributed by atoms with Crippen LogP contribution in [-0.2, 0) is 0 Å². The quantitative estimate of drug-likeness (QED) is 0.363. The molecule has 0 saturated heterocycles. The molecule has 3 aromatic carbocycles. The Bertz CT molecular complexity index is 1280. The number of benzene rings is 3. The van der Waals surface area contributed by atoms with Crippen LogP contribution < -0.4 is 15.0 Å². The van der Waals surface area contributed by atoms with E-state index in [0.29, 0.717) is 33.6 Å². The third-order valence-electron chi connectivity index (χ3n) is 4.31. The summed E-state index contributed by atoms with van der Waals surface area (Å²) in [6.07, 6.45) is 0. The van der Waals surface area contributed by atoms with Crippen LogP contribution in [0.1, 0.15) is 10.4 Å². The maximum Gasteiger partial charge on any atom is 0.343 e. The highest BCUT2D eigenvalue weighted by atomic mass is 79.9. The van der Waals surface area contributed by atoms with Crippen molar-refractivity contribution in [1.82, 2.24) is 9.97 Å². The van der Waals surface area contributed by atoms with Gasteiger partial charge in [0.05, 0.1) is 23.6 Å². The molecular weight excluding hydrogens is 436 g/mol. The lowest BCUT2D eigenvalue weighted by molar-refractivity contribution is 0.0729. The Labute approximate surface area is 174 Å². The van der Waals surface area contributed by atoms with Gasteiger partial charge in [-0.05, 0) is 48.5 Å². The third-order valence-corrected chi connectivity index (χ3v) is 4.81. The van der Waals surface area contributed by atoms with Crippen molar-refractivity contribution in [2.75, 3.05) is 7.11 Å². The van der Waals surface area contributed by atoms with E-state index in [1.54, 1.807) is 54.6 Å². The number of hydrogen-bond acceptors (Lipinski definition) is 5. The van der Waals surface area contributed by atoms with Crippen molar-refractivity contribution in [2.45, 2.75) is 0 Å². The molecule has 0 spiro atoms. The molecule has 4 rings (SSSR count). The Balaban J connectivity index is 1.68. The molecule has 144 valence electrons. The van der Waals surface area contributed by atoms with Crippen LogP contribution in [0.15, 0.2) is 76.0 Å². The van der Waals surface area contributed by atoms with Crippen molar-refractivity contribution in [3.05, 3.63) is 87.1 Å². The Morgan fingerprint density at radius 2 is 1.83 bits per heavy atom. The summed E-state index contributed by atoms with van der Waals surface area (Å²) in [6, 6.07) is 19.0. The number of rotatable bonds is 4. The molecule has 29 heavy (non-hydrogen) atoms. The Morgan fingerprint density at radius 1 is 1.00 bits per heavy atom. The van der Waals surface area contributed by atoms with Gasteiger partial charge in [0.25, 0.3) is 5.56 Å². The van der Waals surface area contributed by atoms with Gasteiger partial charge in [0.1, 0.15) is 5.82 Å². The van der Waals surface area contributed by atoms with Crippen LogP contribution in [-0.4, -0.2) is 23.0 Å². The first-order valence-corrected chi connectivity index (χ1v) is 9.49. The summed E-state index contributed by atoms with van der Waals surface area (Å²) in [5.74, 6) is 0.512. The Kier molecular flexibility index (Phi) is 5.14. The van der Waals surface area contributed by atoms with E-state index in [1.165, 1.54) is 7.11 Å². The number of carbonyl (C=O) groups excluding carboxylic acids is 1. The fourth-order valence-corrected chi connectivity index (χ4v) is 3.30. The average molecular weight is 451 g/mol. The second kappa shape index (κ2) is 7.89. The highest BCUT2D eigenvalue weighted by Gasteiger charge is 2.15. The second-order valence-corrected chi connectivity index (χ2v) is 7.11. The number of halogens is 1. The van der Waals surface area contributed by atoms with Gasteiger partial charge in [-0.1, -0.05) is 34.1 Å². The zero-order valence-electron chi connectivity index (χ0n) is 15.3. The first-order valence-electron chi connectivity index (χ1n) is 8.70. The van der Waals surface area contributed by atoms with E-state index >= 15 is 0 Å². The molecule has 0 aliphatic heterocycles. The van der Waals surface area contributed by atoms with Gasteiger partial charge in [0, 0.05) is 10.0 Å². The molecule has 0 fully saturated rings. The second-order valence-electron chi connectivity index (χ2n) is 6.20. The van der Waals surface area contributed by atoms with Gasteiger partial charge in [-0.25, -0.2) is 9.78 Å². The largest absolute Gasteiger partial charge is 0.493 e. The number of nitrogens with one attached hydrogen (secondary N) is 1. The molecule has 1 aromatic heterocycles. The normalized spacial score (nSPS) is 10.7. The van der Waals surface area contributed by atoms with Gasteiger partial charge < -0.3 is 14.5 Å². The van der Waals surface area contributed by atoms with Crippen LogP contribution in [0.5, 0.6) is 11.5 Å². The molecule has 0 atom stereocenters. The number of carbonyl (C=O) groups is 1. The predicted octanol–water partition coefficient (Wildman–Crippen LogP) is 4.58. The first kappa shape index (κ1) is 18.9. The fraction of sp³-hybridized carbons (Fsp3) is 0.0455. The van der Waals surface area contributed by atoms with Gasteiger partial charge in [0.2, 0.25) is 0 Å². The maximum absolute atomic E-state index is 12.4. The van der Waals surface area contributed by atoms with Gasteiger partial charge in [-0.3, -0.25) is 4.79 Å². The summed E-state index contributed by atoms with van der Waals surface area (Å²) >= 11 is 3.33. The minimum Gasteiger partial charge on any atom is -0.493 e. The Morgan fingerprint density at radius 3 is 2.62 bits per heavy atom. The highest BCUT2D eigenvalue weighted by molar-refractivity contribution is 9.10. The fourth-order valence-electron chi connectivity index (χ4n) is 2.90. The number of ether oxygens (including phenoxy) is 2. The molecule has 0 unspecified atom stereocenters. The number of para-hydroxylation sites is 1. The lowest BCUT2D eigenvalue weighted by Crippen LogP contribution is -2.10. The van der Waals surface area contributed by atoms with E-state index in [-0.39, 0.29) is 11.3 Å². The summed E-state index contributed by atoms with van der Waals surface area (Å²) in [4.78, 5) is 32.0. The molecule has 0 radical (unpaired) electrons. The standard InChI is InChI=1S/C22H15BrN2O4/c1-28-19-12-13(20-24-17-8-3-2-7-16(17)21(26)25-20)9-10-18(19)29-22(27)14-5-4-6-15(23)11-14/h2-12H,1H3,(H,24,25,26). The number of hydrogen-bond donors (Lipinski definition) is 1. The minimum absolute atomic E-state index is 0.227. The van der Waals surface area contributed by atoms with Gasteiger partial charge >= 0.3 is 5.97 Å². The zero-order chi connectivity index (χ0) is 20.4. The van der Waals surface area contributed by atoms with Crippen molar-refractivity contribution < 1.29 is 14.3 Å². The average Bonchev–Trinajstić information content (AvgIpc) is 2.74. The summed E-state index contributed by atoms with van der Waals surface area (Å²) in [6.45, 7) is 0. The van der Waals surface area contributed by atoms with Crippen molar-refractivity contribution in [2.24, 2.45) is 0 Å². The molecule has 0 aliphatic rings. The number of methoxy groups -OCH3 is 1. The molecule has 4 aromatic rings. The van der Waals surface area contributed by atoms with E-state index in [9.17, 15) is 9.59 Å². The Hall–Kier alpha value is -3.45. The highest BCUT2D eigenvalue weighted by Crippen LogP contribution is 2.32. The molecule has 0 amide bonds. The first-order chi connectivity index (χ1) is 14.0. The predicted molar refractivity (Wildman–Crippen MR) is 113 cm³/mol. The summed E-state index contributed by atoms with van der Waals surface area (Å²) < 4.78 is 11.6. The van der Waals surface area contributed by atoms with Crippen LogP contribution in [0.4, 0.5) is 0 Å². The molecule has 0 bridgehead atoms. The number of nitrogens with zero attached hydrogens (tertiary/aromatic N) is 1. The summed E-state index contributed by atoms with van der Waals surface area (Å²) in [7, 11) is 1.48. The molecule has 1 heterocycles. The number of H-pyrrole nitrogens is 1. The van der Waals surface area contributed by atoms with E-state index in [0.717, 1.165) is 4.47 Å². The number of fused-ring (bicyclic) bond motifs is 1. The zero-order valence-corrected chi connectivity index (χ0v) is 16.9. The van der Waals surface area contributed by atoms with Crippen LogP contribution in [0, 0.1) is 0 Å². The van der Waals surface area contributed by atoms with Crippen LogP contribution >= 0.6 is 15.9 Å². The van der Waals surface area contributed by atoms with Crippen molar-refractivity contribution >= 4 is 32.8 Å². The lowest BCUT2D eigenvalue weighted by atomic mass is 10.1. The van der Waals surface area contributed by atoms with Gasteiger partial charge in [-0.15, -0.1) is 0 Å². The molecular formula is C22H15BrN2O4. The molecule has 6 nitrogen and oxygen atoms in total. The lowest BCUT2D eigenvalue weighted by Gasteiger charge is -2.11.